The fourth-order valence-corrected chi connectivity index (χ4v) is 2.62. The van der Waals surface area contributed by atoms with Gasteiger partial charge in [0.1, 0.15) is 0 Å². The van der Waals surface area contributed by atoms with Crippen LogP contribution in [0.2, 0.25) is 0 Å². The van der Waals surface area contributed by atoms with Crippen LogP contribution in [0.1, 0.15) is 32.6 Å². The molecule has 1 saturated carbocycles. The highest BCUT2D eigenvalue weighted by molar-refractivity contribution is 4.97. The van der Waals surface area contributed by atoms with Crippen molar-refractivity contribution in [3.05, 3.63) is 0 Å². The number of alkyl halides is 9. The van der Waals surface area contributed by atoms with E-state index in [9.17, 15) is 39.5 Å². The molecule has 20 heavy (non-hydrogen) atoms. The zero-order valence-electron chi connectivity index (χ0n) is 10.4. The molecule has 0 unspecified atom stereocenters. The molecule has 0 nitrogen and oxygen atoms in total. The molecule has 0 aromatic heterocycles. The lowest BCUT2D eigenvalue weighted by atomic mass is 9.66. The van der Waals surface area contributed by atoms with Crippen LogP contribution in [0.25, 0.3) is 0 Å². The highest BCUT2D eigenvalue weighted by atomic mass is 19.4. The molecule has 0 amide bonds. The quantitative estimate of drug-likeness (QED) is 0.561. The Bertz CT molecular complexity index is 313. The van der Waals surface area contributed by atoms with Crippen LogP contribution in [0.5, 0.6) is 0 Å². The first-order valence-corrected chi connectivity index (χ1v) is 5.91. The Hall–Kier alpha value is -0.630. The molecule has 1 fully saturated rings. The normalized spacial score (nSPS) is 26.7. The molecular formula is C11H13F9. The van der Waals surface area contributed by atoms with Crippen molar-refractivity contribution < 1.29 is 39.5 Å². The van der Waals surface area contributed by atoms with Gasteiger partial charge in [-0.1, -0.05) is 0 Å². The van der Waals surface area contributed by atoms with Gasteiger partial charge in [-0.3, -0.25) is 0 Å². The molecule has 0 heterocycles. The Morgan fingerprint density at radius 3 is 1.15 bits per heavy atom. The predicted octanol–water partition coefficient (Wildman–Crippen LogP) is 5.49. The van der Waals surface area contributed by atoms with Gasteiger partial charge in [0.25, 0.3) is 0 Å². The standard InChI is InChI=1S/C11H13F9/c1-8(10(15,16)17,11(18,19)20)6-2-4-7(5-3-6)9(12,13)14/h6-7H,2-5H2,1H3. The molecule has 0 saturated heterocycles. The molecular weight excluding hydrogens is 303 g/mol. The van der Waals surface area contributed by atoms with Gasteiger partial charge in [0, 0.05) is 0 Å². The Labute approximate surface area is 109 Å². The molecule has 120 valence electrons. The minimum atomic E-state index is -5.54. The molecule has 0 bridgehead atoms. The third kappa shape index (κ3) is 3.00. The van der Waals surface area contributed by atoms with Crippen molar-refractivity contribution in [3.8, 4) is 0 Å². The summed E-state index contributed by atoms with van der Waals surface area (Å²) in [6.07, 6.45) is -18.5. The van der Waals surface area contributed by atoms with Crippen molar-refractivity contribution in [2.75, 3.05) is 0 Å². The van der Waals surface area contributed by atoms with Crippen molar-refractivity contribution >= 4 is 0 Å². The van der Waals surface area contributed by atoms with E-state index in [1.165, 1.54) is 0 Å². The Balaban J connectivity index is 2.94. The summed E-state index contributed by atoms with van der Waals surface area (Å²) < 4.78 is 114. The van der Waals surface area contributed by atoms with Gasteiger partial charge >= 0.3 is 18.5 Å². The molecule has 1 rings (SSSR count). The van der Waals surface area contributed by atoms with Crippen LogP contribution >= 0.6 is 0 Å². The SMILES string of the molecule is CC(C1CCC(C(F)(F)F)CC1)(C(F)(F)F)C(F)(F)F. The average molecular weight is 316 g/mol. The molecule has 0 radical (unpaired) electrons. The molecule has 0 N–H and O–H groups in total. The third-order valence-electron chi connectivity index (χ3n) is 4.18. The first-order chi connectivity index (χ1) is 8.71. The highest BCUT2D eigenvalue weighted by Gasteiger charge is 2.70. The highest BCUT2D eigenvalue weighted by Crippen LogP contribution is 2.59. The summed E-state index contributed by atoms with van der Waals surface area (Å²) in [5.41, 5.74) is -3.96. The minimum absolute atomic E-state index is 0.0333. The Kier molecular flexibility index (Phi) is 4.34. The van der Waals surface area contributed by atoms with E-state index in [-0.39, 0.29) is 6.92 Å². The molecule has 0 aromatic rings. The zero-order chi connectivity index (χ0) is 16.0. The molecule has 9 heteroatoms. The first-order valence-electron chi connectivity index (χ1n) is 5.91. The fourth-order valence-electron chi connectivity index (χ4n) is 2.62. The zero-order valence-corrected chi connectivity index (χ0v) is 10.4. The summed E-state index contributed by atoms with van der Waals surface area (Å²) in [6.45, 7) is 0.0333. The largest absolute Gasteiger partial charge is 0.403 e. The second-order valence-corrected chi connectivity index (χ2v) is 5.29. The van der Waals surface area contributed by atoms with E-state index in [0.29, 0.717) is 0 Å². The van der Waals surface area contributed by atoms with E-state index < -0.39 is 61.5 Å². The summed E-state index contributed by atoms with van der Waals surface area (Å²) in [4.78, 5) is 0. The summed E-state index contributed by atoms with van der Waals surface area (Å²) >= 11 is 0. The molecule has 1 aliphatic carbocycles. The number of hydrogen-bond acceptors (Lipinski definition) is 0. The maximum atomic E-state index is 12.8. The summed E-state index contributed by atoms with van der Waals surface area (Å²) in [5.74, 6) is -3.69. The minimum Gasteiger partial charge on any atom is -0.171 e. The second kappa shape index (κ2) is 4.98. The van der Waals surface area contributed by atoms with Crippen LogP contribution in [0.3, 0.4) is 0 Å². The van der Waals surface area contributed by atoms with Gasteiger partial charge in [-0.15, -0.1) is 0 Å². The summed E-state index contributed by atoms with van der Waals surface area (Å²) in [6, 6.07) is 0. The number of rotatable bonds is 1. The van der Waals surface area contributed by atoms with Crippen LogP contribution in [-0.2, 0) is 0 Å². The van der Waals surface area contributed by atoms with Gasteiger partial charge in [0.2, 0.25) is 0 Å². The fraction of sp³-hybridized carbons (Fsp3) is 1.00. The van der Waals surface area contributed by atoms with Gasteiger partial charge in [0.05, 0.1) is 5.92 Å². The lowest BCUT2D eigenvalue weighted by molar-refractivity contribution is -0.355. The van der Waals surface area contributed by atoms with Crippen molar-refractivity contribution in [1.29, 1.82) is 0 Å². The van der Waals surface area contributed by atoms with E-state index in [0.717, 1.165) is 0 Å². The number of hydrogen-bond donors (Lipinski definition) is 0. The summed E-state index contributed by atoms with van der Waals surface area (Å²) in [7, 11) is 0. The van der Waals surface area contributed by atoms with E-state index >= 15 is 0 Å². The van der Waals surface area contributed by atoms with Crippen molar-refractivity contribution in [3.63, 3.8) is 0 Å². The number of halogens is 9. The third-order valence-corrected chi connectivity index (χ3v) is 4.18. The maximum Gasteiger partial charge on any atom is 0.403 e. The van der Waals surface area contributed by atoms with E-state index in [1.807, 2.05) is 0 Å². The van der Waals surface area contributed by atoms with Crippen LogP contribution in [0.4, 0.5) is 39.5 Å². The van der Waals surface area contributed by atoms with Crippen LogP contribution in [0, 0.1) is 17.3 Å². The van der Waals surface area contributed by atoms with Crippen LogP contribution in [-0.4, -0.2) is 18.5 Å². The topological polar surface area (TPSA) is 0 Å². The van der Waals surface area contributed by atoms with Crippen molar-refractivity contribution in [1.82, 2.24) is 0 Å². The van der Waals surface area contributed by atoms with E-state index in [2.05, 4.69) is 0 Å². The van der Waals surface area contributed by atoms with Crippen molar-refractivity contribution in [2.24, 2.45) is 17.3 Å². The predicted molar refractivity (Wildman–Crippen MR) is 51.7 cm³/mol. The molecule has 0 aliphatic heterocycles. The summed E-state index contributed by atoms with van der Waals surface area (Å²) in [5, 5.41) is 0. The smallest absolute Gasteiger partial charge is 0.171 e. The van der Waals surface area contributed by atoms with Crippen LogP contribution in [0.15, 0.2) is 0 Å². The Morgan fingerprint density at radius 2 is 0.900 bits per heavy atom. The van der Waals surface area contributed by atoms with Gasteiger partial charge < -0.3 is 0 Å². The molecule has 1 aliphatic rings. The first kappa shape index (κ1) is 17.4. The van der Waals surface area contributed by atoms with Gasteiger partial charge in [0.15, 0.2) is 5.41 Å². The average Bonchev–Trinajstić information content (AvgIpc) is 2.24. The Morgan fingerprint density at radius 1 is 0.600 bits per heavy atom. The van der Waals surface area contributed by atoms with Gasteiger partial charge in [-0.2, -0.15) is 39.5 Å². The lowest BCUT2D eigenvalue weighted by Crippen LogP contribution is -2.53. The molecule has 0 spiro atoms. The van der Waals surface area contributed by atoms with Gasteiger partial charge in [-0.05, 0) is 38.5 Å². The lowest BCUT2D eigenvalue weighted by Gasteiger charge is -2.43. The molecule has 0 aromatic carbocycles. The van der Waals surface area contributed by atoms with Crippen molar-refractivity contribution in [2.45, 2.75) is 51.1 Å². The molecule has 0 atom stereocenters. The van der Waals surface area contributed by atoms with Gasteiger partial charge in [-0.25, -0.2) is 0 Å². The maximum absolute atomic E-state index is 12.8. The monoisotopic (exact) mass is 316 g/mol. The van der Waals surface area contributed by atoms with E-state index in [4.69, 9.17) is 0 Å². The van der Waals surface area contributed by atoms with Crippen LogP contribution < -0.4 is 0 Å². The van der Waals surface area contributed by atoms with E-state index in [1.54, 1.807) is 0 Å². The second-order valence-electron chi connectivity index (χ2n) is 5.29.